The van der Waals surface area contributed by atoms with Gasteiger partial charge in [0.2, 0.25) is 5.95 Å². The predicted molar refractivity (Wildman–Crippen MR) is 133 cm³/mol. The number of carboxylic acids is 1. The Morgan fingerprint density at radius 2 is 1.38 bits per heavy atom. The molecule has 8 nitrogen and oxygen atoms in total. The molecule has 0 atom stereocenters. The Hall–Kier alpha value is -3.79. The van der Waals surface area contributed by atoms with Crippen LogP contribution in [0.2, 0.25) is 0 Å². The molecule has 1 aromatic heterocycles. The van der Waals surface area contributed by atoms with E-state index in [4.69, 9.17) is 9.90 Å². The van der Waals surface area contributed by atoms with Crippen LogP contribution in [0.5, 0.6) is 0 Å². The topological polar surface area (TPSA) is 107 Å². The molecule has 1 aliphatic carbocycles. The van der Waals surface area contributed by atoms with Gasteiger partial charge >= 0.3 is 24.5 Å². The van der Waals surface area contributed by atoms with Gasteiger partial charge in [0.05, 0.1) is 11.1 Å². The number of carbonyl (C=O) groups excluding carboxylic acids is 1. The smallest absolute Gasteiger partial charge is 0.475 e. The monoisotopic (exact) mass is 617 g/mol. The molecule has 0 aliphatic heterocycles. The number of nitrogens with zero attached hydrogens (tertiary/aromatic N) is 3. The molecular weight excluding hydrogens is 589 g/mol. The van der Waals surface area contributed by atoms with Crippen LogP contribution in [0.1, 0.15) is 52.9 Å². The van der Waals surface area contributed by atoms with Gasteiger partial charge < -0.3 is 20.6 Å². The van der Waals surface area contributed by atoms with E-state index < -0.39 is 47.1 Å². The molecule has 0 saturated heterocycles. The third kappa shape index (κ3) is 10.6. The maximum atomic E-state index is 13.1. The Balaban J connectivity index is 0.000000782. The zero-order chi connectivity index (χ0) is 32.0. The third-order valence-corrected chi connectivity index (χ3v) is 6.12. The molecule has 0 unspecified atom stereocenters. The largest absolute Gasteiger partial charge is 0.490 e. The molecule has 1 aliphatic rings. The van der Waals surface area contributed by atoms with Gasteiger partial charge in [0.15, 0.2) is 0 Å². The van der Waals surface area contributed by atoms with Gasteiger partial charge in [-0.1, -0.05) is 0 Å². The first-order chi connectivity index (χ1) is 19.2. The van der Waals surface area contributed by atoms with E-state index in [-0.39, 0.29) is 18.0 Å². The normalized spacial score (nSPS) is 17.5. The maximum Gasteiger partial charge on any atom is 0.490 e. The minimum atomic E-state index is -5.08. The van der Waals surface area contributed by atoms with Crippen molar-refractivity contribution < 1.29 is 54.2 Å². The molecule has 1 amide bonds. The highest BCUT2D eigenvalue weighted by Gasteiger charge is 2.39. The number of carbonyl (C=O) groups is 2. The fraction of sp³-hybridized carbons (Fsp3) is 0.520. The van der Waals surface area contributed by atoms with Crippen molar-refractivity contribution in [3.05, 3.63) is 46.6 Å². The molecular formula is C25H28F9N5O3. The summed E-state index contributed by atoms with van der Waals surface area (Å²) in [7, 11) is 3.76. The zero-order valence-corrected chi connectivity index (χ0v) is 22.5. The van der Waals surface area contributed by atoms with E-state index in [2.05, 4.69) is 20.6 Å². The van der Waals surface area contributed by atoms with Gasteiger partial charge in [0, 0.05) is 44.0 Å². The second-order valence-corrected chi connectivity index (χ2v) is 9.76. The van der Waals surface area contributed by atoms with Gasteiger partial charge in [-0.2, -0.15) is 44.5 Å². The van der Waals surface area contributed by atoms with Crippen LogP contribution in [0.25, 0.3) is 0 Å². The number of halogens is 9. The molecule has 1 heterocycles. The highest BCUT2D eigenvalue weighted by molar-refractivity contribution is 5.94. The van der Waals surface area contributed by atoms with Crippen LogP contribution in [0.3, 0.4) is 0 Å². The van der Waals surface area contributed by atoms with Crippen molar-refractivity contribution in [3.63, 3.8) is 0 Å². The highest BCUT2D eigenvalue weighted by atomic mass is 19.4. The first-order valence-corrected chi connectivity index (χ1v) is 12.3. The lowest BCUT2D eigenvalue weighted by atomic mass is 9.86. The van der Waals surface area contributed by atoms with Crippen molar-refractivity contribution >= 4 is 23.6 Å². The minimum absolute atomic E-state index is 0.00836. The number of carboxylic acid groups (broad SMARTS) is 1. The Labute approximate surface area is 234 Å². The molecule has 42 heavy (non-hydrogen) atoms. The number of aromatic nitrogens is 2. The number of anilines is 2. The minimum Gasteiger partial charge on any atom is -0.475 e. The van der Waals surface area contributed by atoms with Crippen molar-refractivity contribution in [1.29, 1.82) is 0 Å². The van der Waals surface area contributed by atoms with Gasteiger partial charge in [0.25, 0.3) is 5.91 Å². The van der Waals surface area contributed by atoms with E-state index in [1.54, 1.807) is 0 Å². The molecule has 2 aromatic rings. The number of alkyl halides is 9. The van der Waals surface area contributed by atoms with Gasteiger partial charge in [-0.3, -0.25) is 4.79 Å². The van der Waals surface area contributed by atoms with E-state index >= 15 is 0 Å². The number of benzene rings is 1. The summed E-state index contributed by atoms with van der Waals surface area (Å²) in [5.41, 5.74) is -2.86. The van der Waals surface area contributed by atoms with Crippen LogP contribution >= 0.6 is 0 Å². The van der Waals surface area contributed by atoms with Crippen LogP contribution in [-0.2, 0) is 17.1 Å². The molecule has 1 aromatic carbocycles. The van der Waals surface area contributed by atoms with Crippen LogP contribution in [0.4, 0.5) is 51.3 Å². The molecule has 0 bridgehead atoms. The average Bonchev–Trinajstić information content (AvgIpc) is 2.86. The van der Waals surface area contributed by atoms with Gasteiger partial charge in [-0.25, -0.2) is 9.78 Å². The van der Waals surface area contributed by atoms with Gasteiger partial charge in [-0.15, -0.1) is 0 Å². The number of aryl methyl sites for hydroxylation is 1. The maximum absolute atomic E-state index is 13.1. The molecule has 234 valence electrons. The molecule has 1 saturated carbocycles. The lowest BCUT2D eigenvalue weighted by Gasteiger charge is -2.29. The van der Waals surface area contributed by atoms with E-state index in [1.807, 2.05) is 32.0 Å². The van der Waals surface area contributed by atoms with E-state index in [1.165, 1.54) is 0 Å². The lowest BCUT2D eigenvalue weighted by molar-refractivity contribution is -0.192. The van der Waals surface area contributed by atoms with Crippen molar-refractivity contribution in [2.45, 2.75) is 57.2 Å². The summed E-state index contributed by atoms with van der Waals surface area (Å²) < 4.78 is 110. The van der Waals surface area contributed by atoms with E-state index in [9.17, 15) is 44.3 Å². The van der Waals surface area contributed by atoms with Crippen molar-refractivity contribution in [3.8, 4) is 0 Å². The molecule has 3 rings (SSSR count). The third-order valence-electron chi connectivity index (χ3n) is 6.12. The summed E-state index contributed by atoms with van der Waals surface area (Å²) in [5.74, 6) is -2.16. The van der Waals surface area contributed by atoms with Gasteiger partial charge in [0.1, 0.15) is 5.82 Å². The second kappa shape index (κ2) is 13.5. The fourth-order valence-electron chi connectivity index (χ4n) is 3.96. The summed E-state index contributed by atoms with van der Waals surface area (Å²) in [6, 6.07) is 2.43. The molecule has 3 N–H and O–H groups in total. The van der Waals surface area contributed by atoms with Crippen LogP contribution in [0.15, 0.2) is 24.3 Å². The molecule has 1 fully saturated rings. The second-order valence-electron chi connectivity index (χ2n) is 9.76. The van der Waals surface area contributed by atoms with E-state index in [0.29, 0.717) is 37.5 Å². The molecule has 0 spiro atoms. The van der Waals surface area contributed by atoms with E-state index in [0.717, 1.165) is 24.4 Å². The fourth-order valence-corrected chi connectivity index (χ4v) is 3.96. The summed E-state index contributed by atoms with van der Waals surface area (Å²) in [5, 5.41) is 12.9. The number of aliphatic carboxylic acids is 1. The number of nitrogens with one attached hydrogen (secondary N) is 2. The van der Waals surface area contributed by atoms with Gasteiger partial charge in [-0.05, 0) is 56.7 Å². The zero-order valence-electron chi connectivity index (χ0n) is 22.5. The average molecular weight is 618 g/mol. The highest BCUT2D eigenvalue weighted by Crippen LogP contribution is 2.36. The first kappa shape index (κ1) is 34.4. The van der Waals surface area contributed by atoms with Crippen molar-refractivity contribution in [2.75, 3.05) is 30.9 Å². The first-order valence-electron chi connectivity index (χ1n) is 12.3. The SMILES string of the molecule is Cc1cc(N(C)C)nc(NC[C@H]2CC[C@@H](NC(=O)c3cc(C(F)(F)F)cc(C(F)(F)F)c3)CC2)n1.O=C(O)C(F)(F)F. The Bertz CT molecular complexity index is 1210. The number of hydrogen-bond donors (Lipinski definition) is 3. The quantitative estimate of drug-likeness (QED) is 0.346. The number of hydrogen-bond acceptors (Lipinski definition) is 6. The summed E-state index contributed by atoms with van der Waals surface area (Å²) in [6.45, 7) is 2.48. The Kier molecular flexibility index (Phi) is 11.0. The van der Waals surface area contributed by atoms with Crippen molar-refractivity contribution in [2.24, 2.45) is 5.92 Å². The molecule has 17 heteroatoms. The molecule has 0 radical (unpaired) electrons. The van der Waals surface area contributed by atoms with Crippen LogP contribution in [-0.4, -0.2) is 59.8 Å². The van der Waals surface area contributed by atoms with Crippen molar-refractivity contribution in [1.82, 2.24) is 15.3 Å². The Morgan fingerprint density at radius 1 is 0.881 bits per heavy atom. The van der Waals surface area contributed by atoms with Crippen LogP contribution < -0.4 is 15.5 Å². The standard InChI is InChI=1S/C23H27F6N5O.C2HF3O2/c1-13-8-19(34(2)3)33-21(31-13)30-12-14-4-6-18(7-5-14)32-20(35)15-9-16(22(24,25)26)11-17(10-15)23(27,28)29;3-2(4,5)1(6)7/h8-11,14,18H,4-7,12H2,1-3H3,(H,32,35)(H,30,31,33);(H,6,7)/t14-,18+;. The summed E-state index contributed by atoms with van der Waals surface area (Å²) in [4.78, 5) is 32.1. The lowest BCUT2D eigenvalue weighted by Crippen LogP contribution is -2.38. The van der Waals surface area contributed by atoms with Crippen LogP contribution in [0, 0.1) is 12.8 Å². The summed E-state index contributed by atoms with van der Waals surface area (Å²) in [6.07, 6.45) is -12.5. The number of amides is 1. The number of rotatable bonds is 6. The summed E-state index contributed by atoms with van der Waals surface area (Å²) >= 11 is 0. The Morgan fingerprint density at radius 3 is 1.81 bits per heavy atom. The predicted octanol–water partition coefficient (Wildman–Crippen LogP) is 5.92.